The van der Waals surface area contributed by atoms with Gasteiger partial charge in [-0.1, -0.05) is 6.07 Å². The van der Waals surface area contributed by atoms with E-state index in [1.54, 1.807) is 18.7 Å². The fourth-order valence-electron chi connectivity index (χ4n) is 2.70. The molecule has 1 aliphatic carbocycles. The van der Waals surface area contributed by atoms with Gasteiger partial charge in [0.1, 0.15) is 12.1 Å². The van der Waals surface area contributed by atoms with Gasteiger partial charge in [-0.15, -0.1) is 0 Å². The average molecular weight is 270 g/mol. The number of rotatable bonds is 4. The predicted molar refractivity (Wildman–Crippen MR) is 76.5 cm³/mol. The fourth-order valence-corrected chi connectivity index (χ4v) is 2.70. The largest absolute Gasteiger partial charge is 0.386 e. The van der Waals surface area contributed by atoms with Crippen LogP contribution in [0.3, 0.4) is 0 Å². The summed E-state index contributed by atoms with van der Waals surface area (Å²) in [6, 6.07) is 3.72. The van der Waals surface area contributed by atoms with E-state index in [4.69, 9.17) is 0 Å². The van der Waals surface area contributed by atoms with Crippen molar-refractivity contribution >= 4 is 5.82 Å². The Kier molecular flexibility index (Phi) is 3.60. The van der Waals surface area contributed by atoms with Gasteiger partial charge in [-0.05, 0) is 25.3 Å². The molecule has 1 atom stereocenters. The standard InChI is InChI=1S/C15H18N4O/c1-19(9-14(20)11-4-3-7-16-8-11)15-12-5-2-6-13(12)17-10-18-15/h3-4,7-8,10,14,20H,2,5-6,9H2,1H3. The number of pyridine rings is 1. The van der Waals surface area contributed by atoms with E-state index >= 15 is 0 Å². The monoisotopic (exact) mass is 270 g/mol. The van der Waals surface area contributed by atoms with Crippen LogP contribution in [0.4, 0.5) is 5.82 Å². The molecule has 104 valence electrons. The van der Waals surface area contributed by atoms with Crippen LogP contribution in [0, 0.1) is 0 Å². The molecular weight excluding hydrogens is 252 g/mol. The third-order valence-corrected chi connectivity index (χ3v) is 3.73. The summed E-state index contributed by atoms with van der Waals surface area (Å²) in [4.78, 5) is 14.8. The summed E-state index contributed by atoms with van der Waals surface area (Å²) in [5, 5.41) is 10.3. The first-order valence-electron chi connectivity index (χ1n) is 6.87. The van der Waals surface area contributed by atoms with E-state index in [1.165, 1.54) is 5.56 Å². The zero-order valence-corrected chi connectivity index (χ0v) is 11.5. The zero-order chi connectivity index (χ0) is 13.9. The first-order chi connectivity index (χ1) is 9.75. The molecule has 0 amide bonds. The minimum atomic E-state index is -0.569. The molecular formula is C15H18N4O. The van der Waals surface area contributed by atoms with Crippen molar-refractivity contribution in [3.8, 4) is 0 Å². The van der Waals surface area contributed by atoms with E-state index in [0.29, 0.717) is 6.54 Å². The van der Waals surface area contributed by atoms with E-state index in [0.717, 1.165) is 36.3 Å². The lowest BCUT2D eigenvalue weighted by molar-refractivity contribution is 0.184. The van der Waals surface area contributed by atoms with Crippen molar-refractivity contribution in [2.45, 2.75) is 25.4 Å². The number of likely N-dealkylation sites (N-methyl/N-ethyl adjacent to an activating group) is 1. The highest BCUT2D eigenvalue weighted by Crippen LogP contribution is 2.28. The predicted octanol–water partition coefficient (Wildman–Crippen LogP) is 1.53. The van der Waals surface area contributed by atoms with Crippen LogP contribution in [0.1, 0.15) is 29.3 Å². The lowest BCUT2D eigenvalue weighted by Crippen LogP contribution is -2.26. The molecule has 0 bridgehead atoms. The molecule has 0 saturated heterocycles. The SMILES string of the molecule is CN(CC(O)c1cccnc1)c1ncnc2c1CCC2. The number of fused-ring (bicyclic) bond motifs is 1. The van der Waals surface area contributed by atoms with Crippen molar-refractivity contribution in [3.05, 3.63) is 47.7 Å². The van der Waals surface area contributed by atoms with Crippen molar-refractivity contribution in [1.29, 1.82) is 0 Å². The number of aromatic nitrogens is 3. The summed E-state index contributed by atoms with van der Waals surface area (Å²) in [5.41, 5.74) is 3.20. The van der Waals surface area contributed by atoms with Gasteiger partial charge in [-0.25, -0.2) is 9.97 Å². The summed E-state index contributed by atoms with van der Waals surface area (Å²) < 4.78 is 0. The minimum absolute atomic E-state index is 0.495. The smallest absolute Gasteiger partial charge is 0.135 e. The molecule has 5 nitrogen and oxygen atoms in total. The van der Waals surface area contributed by atoms with Gasteiger partial charge in [0, 0.05) is 42.8 Å². The highest BCUT2D eigenvalue weighted by molar-refractivity contribution is 5.50. The molecule has 0 radical (unpaired) electrons. The van der Waals surface area contributed by atoms with Gasteiger partial charge < -0.3 is 10.0 Å². The Morgan fingerprint density at radius 3 is 3.05 bits per heavy atom. The second-order valence-corrected chi connectivity index (χ2v) is 5.16. The van der Waals surface area contributed by atoms with Crippen LogP contribution in [0.2, 0.25) is 0 Å². The van der Waals surface area contributed by atoms with Gasteiger partial charge in [0.25, 0.3) is 0 Å². The first kappa shape index (κ1) is 13.0. The molecule has 0 aromatic carbocycles. The Bertz CT molecular complexity index is 588. The number of nitrogens with zero attached hydrogens (tertiary/aromatic N) is 4. The van der Waals surface area contributed by atoms with Crippen LogP contribution in [0.25, 0.3) is 0 Å². The molecule has 2 aromatic heterocycles. The minimum Gasteiger partial charge on any atom is -0.386 e. The third-order valence-electron chi connectivity index (χ3n) is 3.73. The van der Waals surface area contributed by atoms with E-state index in [9.17, 15) is 5.11 Å². The second-order valence-electron chi connectivity index (χ2n) is 5.16. The molecule has 2 heterocycles. The lowest BCUT2D eigenvalue weighted by atomic mass is 10.1. The number of hydrogen-bond donors (Lipinski definition) is 1. The molecule has 2 aromatic rings. The number of aliphatic hydroxyl groups excluding tert-OH is 1. The highest BCUT2D eigenvalue weighted by atomic mass is 16.3. The molecule has 1 aliphatic rings. The maximum absolute atomic E-state index is 10.3. The van der Waals surface area contributed by atoms with Crippen LogP contribution in [0.15, 0.2) is 30.9 Å². The highest BCUT2D eigenvalue weighted by Gasteiger charge is 2.21. The van der Waals surface area contributed by atoms with Gasteiger partial charge in [0.15, 0.2) is 0 Å². The normalized spacial score (nSPS) is 14.9. The molecule has 1 N–H and O–H groups in total. The number of hydrogen-bond acceptors (Lipinski definition) is 5. The molecule has 0 spiro atoms. The lowest BCUT2D eigenvalue weighted by Gasteiger charge is -2.23. The topological polar surface area (TPSA) is 62.1 Å². The van der Waals surface area contributed by atoms with Crippen LogP contribution >= 0.6 is 0 Å². The number of anilines is 1. The van der Waals surface area contributed by atoms with Crippen LogP contribution < -0.4 is 4.90 Å². The van der Waals surface area contributed by atoms with E-state index in [-0.39, 0.29) is 0 Å². The van der Waals surface area contributed by atoms with Crippen LogP contribution in [0.5, 0.6) is 0 Å². The molecule has 0 aliphatic heterocycles. The van der Waals surface area contributed by atoms with Crippen molar-refractivity contribution in [2.24, 2.45) is 0 Å². The molecule has 0 fully saturated rings. The van der Waals surface area contributed by atoms with Crippen molar-refractivity contribution in [3.63, 3.8) is 0 Å². The van der Waals surface area contributed by atoms with Crippen molar-refractivity contribution in [2.75, 3.05) is 18.5 Å². The Balaban J connectivity index is 1.77. The Labute approximate surface area is 118 Å². The maximum atomic E-state index is 10.3. The summed E-state index contributed by atoms with van der Waals surface area (Å²) in [6.45, 7) is 0.495. The number of aliphatic hydroxyl groups is 1. The van der Waals surface area contributed by atoms with E-state index < -0.39 is 6.10 Å². The Morgan fingerprint density at radius 1 is 1.35 bits per heavy atom. The third kappa shape index (κ3) is 2.49. The fraction of sp³-hybridized carbons (Fsp3) is 0.400. The zero-order valence-electron chi connectivity index (χ0n) is 11.5. The summed E-state index contributed by atoms with van der Waals surface area (Å²) in [7, 11) is 1.96. The van der Waals surface area contributed by atoms with Gasteiger partial charge in [-0.2, -0.15) is 0 Å². The maximum Gasteiger partial charge on any atom is 0.135 e. The summed E-state index contributed by atoms with van der Waals surface area (Å²) in [5.74, 6) is 0.940. The van der Waals surface area contributed by atoms with Gasteiger partial charge in [-0.3, -0.25) is 4.98 Å². The molecule has 5 heteroatoms. The summed E-state index contributed by atoms with van der Waals surface area (Å²) in [6.07, 6.45) is 7.65. The average Bonchev–Trinajstić information content (AvgIpc) is 2.96. The van der Waals surface area contributed by atoms with E-state index in [2.05, 4.69) is 15.0 Å². The van der Waals surface area contributed by atoms with Crippen LogP contribution in [-0.4, -0.2) is 33.7 Å². The first-order valence-corrected chi connectivity index (χ1v) is 6.87. The molecule has 1 unspecified atom stereocenters. The molecule has 3 rings (SSSR count). The summed E-state index contributed by atoms with van der Waals surface area (Å²) >= 11 is 0. The van der Waals surface area contributed by atoms with Crippen molar-refractivity contribution in [1.82, 2.24) is 15.0 Å². The molecule has 0 saturated carbocycles. The van der Waals surface area contributed by atoms with Gasteiger partial charge in [0.05, 0.1) is 6.10 Å². The number of aryl methyl sites for hydroxylation is 1. The van der Waals surface area contributed by atoms with Crippen molar-refractivity contribution < 1.29 is 5.11 Å². The van der Waals surface area contributed by atoms with Gasteiger partial charge >= 0.3 is 0 Å². The quantitative estimate of drug-likeness (QED) is 0.913. The Hall–Kier alpha value is -2.01. The van der Waals surface area contributed by atoms with E-state index in [1.807, 2.05) is 24.1 Å². The van der Waals surface area contributed by atoms with Crippen LogP contribution in [-0.2, 0) is 12.8 Å². The van der Waals surface area contributed by atoms with Gasteiger partial charge in [0.2, 0.25) is 0 Å². The molecule has 20 heavy (non-hydrogen) atoms. The second kappa shape index (κ2) is 5.54. The Morgan fingerprint density at radius 2 is 2.25 bits per heavy atom.